The minimum absolute atomic E-state index is 0.189. The Bertz CT molecular complexity index is 1180. The zero-order valence-corrected chi connectivity index (χ0v) is 17.3. The summed E-state index contributed by atoms with van der Waals surface area (Å²) in [7, 11) is 0. The standard InChI is InChI=1S/C25H19ClO4/c1-3-16-8-10-17(11-9-16)13-22-24(27)23-15(2)12-18(14-21(23)30-22)29-25(28)19-6-4-5-7-20(19)26/h4-14H,3H2,1-2H3/b22-13-. The molecule has 0 N–H and O–H groups in total. The van der Waals surface area contributed by atoms with Crippen molar-refractivity contribution in [3.8, 4) is 11.5 Å². The summed E-state index contributed by atoms with van der Waals surface area (Å²) in [5.74, 6) is 0.143. The number of esters is 1. The summed E-state index contributed by atoms with van der Waals surface area (Å²) >= 11 is 6.07. The fourth-order valence-corrected chi connectivity index (χ4v) is 3.54. The van der Waals surface area contributed by atoms with Gasteiger partial charge in [-0.2, -0.15) is 0 Å². The van der Waals surface area contributed by atoms with Crippen LogP contribution in [-0.4, -0.2) is 11.8 Å². The molecule has 0 bridgehead atoms. The van der Waals surface area contributed by atoms with Crippen LogP contribution >= 0.6 is 11.6 Å². The Kier molecular flexibility index (Phi) is 5.42. The number of Topliss-reactive ketones (excluding diaryl/α,β-unsaturated/α-hetero) is 1. The third kappa shape index (κ3) is 3.87. The fourth-order valence-electron chi connectivity index (χ4n) is 3.33. The van der Waals surface area contributed by atoms with E-state index >= 15 is 0 Å². The van der Waals surface area contributed by atoms with E-state index in [1.807, 2.05) is 24.3 Å². The van der Waals surface area contributed by atoms with E-state index < -0.39 is 5.97 Å². The van der Waals surface area contributed by atoms with Gasteiger partial charge in [-0.3, -0.25) is 4.79 Å². The Balaban J connectivity index is 1.60. The number of hydrogen-bond donors (Lipinski definition) is 0. The predicted molar refractivity (Wildman–Crippen MR) is 116 cm³/mol. The molecule has 0 spiro atoms. The van der Waals surface area contributed by atoms with E-state index in [2.05, 4.69) is 6.92 Å². The van der Waals surface area contributed by atoms with Crippen LogP contribution in [0.1, 0.15) is 44.3 Å². The van der Waals surface area contributed by atoms with Gasteiger partial charge in [0, 0.05) is 6.07 Å². The third-order valence-electron chi connectivity index (χ3n) is 4.93. The van der Waals surface area contributed by atoms with Crippen molar-refractivity contribution >= 4 is 29.4 Å². The lowest BCUT2D eigenvalue weighted by Gasteiger charge is -2.08. The molecule has 5 heteroatoms. The second-order valence-electron chi connectivity index (χ2n) is 7.02. The monoisotopic (exact) mass is 418 g/mol. The number of hydrogen-bond acceptors (Lipinski definition) is 4. The molecular weight excluding hydrogens is 400 g/mol. The lowest BCUT2D eigenvalue weighted by molar-refractivity contribution is 0.0734. The second kappa shape index (κ2) is 8.17. The molecule has 1 aliphatic rings. The highest BCUT2D eigenvalue weighted by atomic mass is 35.5. The van der Waals surface area contributed by atoms with E-state index in [4.69, 9.17) is 21.1 Å². The summed E-state index contributed by atoms with van der Waals surface area (Å²) in [6.45, 7) is 3.87. The Morgan fingerprint density at radius 2 is 1.83 bits per heavy atom. The zero-order chi connectivity index (χ0) is 21.3. The van der Waals surface area contributed by atoms with Crippen molar-refractivity contribution in [3.63, 3.8) is 0 Å². The number of benzene rings is 3. The van der Waals surface area contributed by atoms with Crippen LogP contribution < -0.4 is 9.47 Å². The van der Waals surface area contributed by atoms with Crippen molar-refractivity contribution in [2.75, 3.05) is 0 Å². The first-order valence-corrected chi connectivity index (χ1v) is 9.98. The molecule has 0 amide bonds. The Hall–Kier alpha value is -3.37. The van der Waals surface area contributed by atoms with Crippen molar-refractivity contribution in [2.24, 2.45) is 0 Å². The highest BCUT2D eigenvalue weighted by Gasteiger charge is 2.30. The van der Waals surface area contributed by atoms with E-state index in [9.17, 15) is 9.59 Å². The van der Waals surface area contributed by atoms with Gasteiger partial charge >= 0.3 is 5.97 Å². The Morgan fingerprint density at radius 3 is 2.53 bits per heavy atom. The molecule has 3 aromatic rings. The fraction of sp³-hybridized carbons (Fsp3) is 0.120. The van der Waals surface area contributed by atoms with E-state index in [-0.39, 0.29) is 22.9 Å². The highest BCUT2D eigenvalue weighted by molar-refractivity contribution is 6.33. The maximum Gasteiger partial charge on any atom is 0.345 e. The zero-order valence-electron chi connectivity index (χ0n) is 16.6. The van der Waals surface area contributed by atoms with Crippen LogP contribution in [0.5, 0.6) is 11.5 Å². The van der Waals surface area contributed by atoms with Crippen LogP contribution in [0, 0.1) is 6.92 Å². The number of allylic oxidation sites excluding steroid dienone is 1. The van der Waals surface area contributed by atoms with Gasteiger partial charge in [-0.05, 0) is 54.3 Å². The van der Waals surface area contributed by atoms with Gasteiger partial charge in [0.1, 0.15) is 11.5 Å². The Morgan fingerprint density at radius 1 is 1.10 bits per heavy atom. The molecule has 150 valence electrons. The SMILES string of the molecule is CCc1ccc(/C=C2\Oc3cc(OC(=O)c4ccccc4Cl)cc(C)c3C2=O)cc1. The molecule has 4 rings (SSSR count). The van der Waals surface area contributed by atoms with Crippen molar-refractivity contribution in [1.29, 1.82) is 0 Å². The Labute approximate surface area is 179 Å². The first-order chi connectivity index (χ1) is 14.5. The minimum atomic E-state index is -0.573. The lowest BCUT2D eigenvalue weighted by atomic mass is 10.0. The second-order valence-corrected chi connectivity index (χ2v) is 7.42. The molecule has 1 aliphatic heterocycles. The number of rotatable bonds is 4. The van der Waals surface area contributed by atoms with Crippen LogP contribution in [0.4, 0.5) is 0 Å². The first-order valence-electron chi connectivity index (χ1n) is 9.61. The maximum atomic E-state index is 12.8. The number of aryl methyl sites for hydroxylation is 2. The molecule has 3 aromatic carbocycles. The predicted octanol–water partition coefficient (Wildman–Crippen LogP) is 6.05. The molecule has 1 heterocycles. The molecule has 0 saturated heterocycles. The number of ether oxygens (including phenoxy) is 2. The smallest absolute Gasteiger partial charge is 0.345 e. The molecule has 0 saturated carbocycles. The molecule has 4 nitrogen and oxygen atoms in total. The van der Waals surface area contributed by atoms with Gasteiger partial charge in [0.15, 0.2) is 5.76 Å². The van der Waals surface area contributed by atoms with Crippen molar-refractivity contribution in [3.05, 3.63) is 99.3 Å². The van der Waals surface area contributed by atoms with E-state index in [1.54, 1.807) is 49.4 Å². The van der Waals surface area contributed by atoms with Gasteiger partial charge in [-0.1, -0.05) is 54.9 Å². The van der Waals surface area contributed by atoms with Gasteiger partial charge in [0.25, 0.3) is 0 Å². The van der Waals surface area contributed by atoms with Crippen LogP contribution in [-0.2, 0) is 6.42 Å². The topological polar surface area (TPSA) is 52.6 Å². The van der Waals surface area contributed by atoms with Crippen molar-refractivity contribution in [1.82, 2.24) is 0 Å². The maximum absolute atomic E-state index is 12.8. The van der Waals surface area contributed by atoms with Crippen LogP contribution in [0.25, 0.3) is 6.08 Å². The highest BCUT2D eigenvalue weighted by Crippen LogP contribution is 2.37. The van der Waals surface area contributed by atoms with Crippen molar-refractivity contribution in [2.45, 2.75) is 20.3 Å². The van der Waals surface area contributed by atoms with Crippen LogP contribution in [0.3, 0.4) is 0 Å². The minimum Gasteiger partial charge on any atom is -0.452 e. The lowest BCUT2D eigenvalue weighted by Crippen LogP contribution is -2.09. The largest absolute Gasteiger partial charge is 0.452 e. The summed E-state index contributed by atoms with van der Waals surface area (Å²) in [5, 5.41) is 0.311. The van der Waals surface area contributed by atoms with E-state index in [1.165, 1.54) is 5.56 Å². The number of carbonyl (C=O) groups excluding carboxylic acids is 2. The molecular formula is C25H19ClO4. The summed E-state index contributed by atoms with van der Waals surface area (Å²) < 4.78 is 11.3. The average molecular weight is 419 g/mol. The normalized spacial score (nSPS) is 13.8. The third-order valence-corrected chi connectivity index (χ3v) is 5.26. The number of carbonyl (C=O) groups is 2. The van der Waals surface area contributed by atoms with Gasteiger partial charge in [0.2, 0.25) is 5.78 Å². The van der Waals surface area contributed by atoms with E-state index in [0.717, 1.165) is 12.0 Å². The van der Waals surface area contributed by atoms with Gasteiger partial charge in [-0.25, -0.2) is 4.79 Å². The molecule has 0 aliphatic carbocycles. The van der Waals surface area contributed by atoms with Crippen molar-refractivity contribution < 1.29 is 19.1 Å². The molecule has 30 heavy (non-hydrogen) atoms. The van der Waals surface area contributed by atoms with Gasteiger partial charge in [-0.15, -0.1) is 0 Å². The van der Waals surface area contributed by atoms with E-state index in [0.29, 0.717) is 21.9 Å². The number of ketones is 1. The summed E-state index contributed by atoms with van der Waals surface area (Å²) in [6, 6.07) is 17.8. The van der Waals surface area contributed by atoms with Crippen LogP contribution in [0.15, 0.2) is 66.4 Å². The quantitative estimate of drug-likeness (QED) is 0.294. The van der Waals surface area contributed by atoms with Gasteiger partial charge in [0.05, 0.1) is 16.1 Å². The summed E-state index contributed by atoms with van der Waals surface area (Å²) in [6.07, 6.45) is 2.67. The average Bonchev–Trinajstić information content (AvgIpc) is 3.04. The van der Waals surface area contributed by atoms with Gasteiger partial charge < -0.3 is 9.47 Å². The summed E-state index contributed by atoms with van der Waals surface area (Å²) in [4.78, 5) is 25.3. The summed E-state index contributed by atoms with van der Waals surface area (Å²) in [5.41, 5.74) is 3.52. The molecule has 0 unspecified atom stereocenters. The first kappa shape index (κ1) is 19.9. The molecule has 0 aromatic heterocycles. The molecule has 0 fully saturated rings. The number of halogens is 1. The van der Waals surface area contributed by atoms with Crippen LogP contribution in [0.2, 0.25) is 5.02 Å². The molecule has 0 radical (unpaired) electrons. The number of fused-ring (bicyclic) bond motifs is 1. The molecule has 0 atom stereocenters.